The van der Waals surface area contributed by atoms with E-state index in [1.165, 1.54) is 18.5 Å². The highest BCUT2D eigenvalue weighted by molar-refractivity contribution is 5.85. The fourth-order valence-electron chi connectivity index (χ4n) is 4.25. The maximum Gasteiger partial charge on any atom is 0.231 e. The van der Waals surface area contributed by atoms with Crippen LogP contribution < -0.4 is 16.4 Å². The molecular formula is C19H18FN7O. The van der Waals surface area contributed by atoms with Crippen molar-refractivity contribution in [3.05, 3.63) is 48.6 Å². The van der Waals surface area contributed by atoms with Crippen molar-refractivity contribution in [2.45, 2.75) is 12.5 Å². The fraction of sp³-hybridized carbons (Fsp3) is 0.263. The number of halogens is 1. The smallest absolute Gasteiger partial charge is 0.231 e. The molecule has 0 unspecified atom stereocenters. The number of aromatic nitrogens is 4. The number of carbonyl (C=O) groups excluding carboxylic acids is 1. The topological polar surface area (TPSA) is 122 Å². The summed E-state index contributed by atoms with van der Waals surface area (Å²) in [5, 5.41) is 6.38. The Kier molecular flexibility index (Phi) is 3.75. The molecule has 2 aliphatic carbocycles. The minimum Gasteiger partial charge on any atom is -0.369 e. The van der Waals surface area contributed by atoms with Gasteiger partial charge in [-0.2, -0.15) is 9.97 Å². The molecule has 9 heteroatoms. The molecule has 2 aliphatic rings. The highest BCUT2D eigenvalue weighted by atomic mass is 19.1. The third-order valence-electron chi connectivity index (χ3n) is 5.46. The lowest BCUT2D eigenvalue weighted by molar-refractivity contribution is -0.122. The van der Waals surface area contributed by atoms with Gasteiger partial charge in [-0.15, -0.1) is 0 Å². The van der Waals surface area contributed by atoms with Gasteiger partial charge in [0.2, 0.25) is 11.9 Å². The van der Waals surface area contributed by atoms with E-state index in [1.807, 2.05) is 0 Å². The van der Waals surface area contributed by atoms with Crippen LogP contribution in [-0.2, 0) is 4.79 Å². The Hall–Kier alpha value is -3.49. The number of rotatable bonds is 5. The number of fused-ring (bicyclic) bond motifs is 3. The number of imidazole rings is 1. The van der Waals surface area contributed by atoms with Gasteiger partial charge in [-0.1, -0.05) is 18.2 Å². The number of carbonyl (C=O) groups is 1. The van der Waals surface area contributed by atoms with Crippen molar-refractivity contribution in [3.63, 3.8) is 0 Å². The molecule has 2 heterocycles. The molecule has 4 atom stereocenters. The molecule has 1 saturated carbocycles. The van der Waals surface area contributed by atoms with E-state index in [-0.39, 0.29) is 41.5 Å². The SMILES string of the molecule is NC(=O)[C@@H]1[C@H](Nc2nc(Nc3cccc(F)c3)nc3nc[nH]c23)[C@@H]2C=C[C@H]1C2. The number of benzene rings is 1. The zero-order valence-electron chi connectivity index (χ0n) is 14.8. The summed E-state index contributed by atoms with van der Waals surface area (Å²) in [7, 11) is 0. The van der Waals surface area contributed by atoms with Crippen LogP contribution >= 0.6 is 0 Å². The lowest BCUT2D eigenvalue weighted by Gasteiger charge is -2.27. The van der Waals surface area contributed by atoms with Crippen molar-refractivity contribution in [1.29, 1.82) is 0 Å². The molecule has 1 aromatic carbocycles. The Bertz CT molecular complexity index is 1090. The highest BCUT2D eigenvalue weighted by Gasteiger charge is 2.47. The van der Waals surface area contributed by atoms with Gasteiger partial charge in [0.1, 0.15) is 11.3 Å². The summed E-state index contributed by atoms with van der Waals surface area (Å²) in [5.41, 5.74) is 7.28. The minimum atomic E-state index is -0.359. The van der Waals surface area contributed by atoms with Gasteiger partial charge >= 0.3 is 0 Å². The van der Waals surface area contributed by atoms with Crippen molar-refractivity contribution in [2.75, 3.05) is 10.6 Å². The second kappa shape index (κ2) is 6.29. The van der Waals surface area contributed by atoms with Gasteiger partial charge in [0.15, 0.2) is 11.5 Å². The zero-order chi connectivity index (χ0) is 19.3. The number of anilines is 3. The fourth-order valence-corrected chi connectivity index (χ4v) is 4.25. The second-order valence-electron chi connectivity index (χ2n) is 7.18. The van der Waals surface area contributed by atoms with E-state index in [0.717, 1.165) is 6.42 Å². The van der Waals surface area contributed by atoms with Crippen LogP contribution in [-0.4, -0.2) is 31.9 Å². The molecule has 1 amide bonds. The number of H-pyrrole nitrogens is 1. The molecular weight excluding hydrogens is 361 g/mol. The Morgan fingerprint density at radius 2 is 2.11 bits per heavy atom. The van der Waals surface area contributed by atoms with Crippen LogP contribution in [0.5, 0.6) is 0 Å². The number of amides is 1. The van der Waals surface area contributed by atoms with E-state index in [4.69, 9.17) is 5.73 Å². The molecule has 0 radical (unpaired) electrons. The quantitative estimate of drug-likeness (QED) is 0.505. The Balaban J connectivity index is 1.49. The van der Waals surface area contributed by atoms with Crippen LogP contribution in [0, 0.1) is 23.6 Å². The van der Waals surface area contributed by atoms with Gasteiger partial charge in [0, 0.05) is 11.7 Å². The summed E-state index contributed by atoms with van der Waals surface area (Å²) in [6, 6.07) is 5.90. The molecule has 2 bridgehead atoms. The van der Waals surface area contributed by atoms with E-state index in [0.29, 0.717) is 22.7 Å². The Morgan fingerprint density at radius 1 is 1.25 bits per heavy atom. The van der Waals surface area contributed by atoms with Gasteiger partial charge in [-0.3, -0.25) is 4.79 Å². The Morgan fingerprint density at radius 3 is 2.93 bits per heavy atom. The first-order chi connectivity index (χ1) is 13.6. The lowest BCUT2D eigenvalue weighted by Crippen LogP contribution is -2.41. The number of nitrogens with one attached hydrogen (secondary N) is 3. The molecule has 28 heavy (non-hydrogen) atoms. The third kappa shape index (κ3) is 2.75. The number of primary amides is 1. The van der Waals surface area contributed by atoms with Crippen LogP contribution in [0.2, 0.25) is 0 Å². The van der Waals surface area contributed by atoms with E-state index in [2.05, 4.69) is 42.7 Å². The third-order valence-corrected chi connectivity index (χ3v) is 5.46. The van der Waals surface area contributed by atoms with Gasteiger partial charge in [0.05, 0.1) is 12.2 Å². The second-order valence-corrected chi connectivity index (χ2v) is 7.18. The molecule has 142 valence electrons. The average Bonchev–Trinajstić information content (AvgIpc) is 3.37. The predicted octanol–water partition coefficient (Wildman–Crippen LogP) is 2.32. The van der Waals surface area contributed by atoms with Gasteiger partial charge in [-0.05, 0) is 36.5 Å². The minimum absolute atomic E-state index is 0.143. The van der Waals surface area contributed by atoms with Crippen LogP contribution in [0.1, 0.15) is 6.42 Å². The molecule has 5 rings (SSSR count). The van der Waals surface area contributed by atoms with E-state index in [9.17, 15) is 9.18 Å². The van der Waals surface area contributed by atoms with Crippen molar-refractivity contribution in [2.24, 2.45) is 23.5 Å². The molecule has 5 N–H and O–H groups in total. The summed E-state index contributed by atoms with van der Waals surface area (Å²) < 4.78 is 13.5. The number of hydrogen-bond donors (Lipinski definition) is 4. The van der Waals surface area contributed by atoms with Crippen molar-refractivity contribution in [1.82, 2.24) is 19.9 Å². The number of allylic oxidation sites excluding steroid dienone is 1. The first-order valence-electron chi connectivity index (χ1n) is 9.06. The van der Waals surface area contributed by atoms with Crippen molar-refractivity contribution < 1.29 is 9.18 Å². The molecule has 0 aliphatic heterocycles. The monoisotopic (exact) mass is 379 g/mol. The summed E-state index contributed by atoms with van der Waals surface area (Å²) in [4.78, 5) is 28.1. The molecule has 1 fully saturated rings. The number of nitrogens with two attached hydrogens (primary N) is 1. The van der Waals surface area contributed by atoms with E-state index >= 15 is 0 Å². The Labute approximate surface area is 159 Å². The van der Waals surface area contributed by atoms with Crippen LogP contribution in [0.4, 0.5) is 21.8 Å². The summed E-state index contributed by atoms with van der Waals surface area (Å²) in [6.45, 7) is 0. The number of hydrogen-bond acceptors (Lipinski definition) is 6. The molecule has 0 spiro atoms. The van der Waals surface area contributed by atoms with Gasteiger partial charge in [0.25, 0.3) is 0 Å². The summed E-state index contributed by atoms with van der Waals surface area (Å²) >= 11 is 0. The van der Waals surface area contributed by atoms with Crippen LogP contribution in [0.25, 0.3) is 11.2 Å². The first kappa shape index (κ1) is 16.7. The van der Waals surface area contributed by atoms with E-state index < -0.39 is 0 Å². The largest absolute Gasteiger partial charge is 0.369 e. The van der Waals surface area contributed by atoms with E-state index in [1.54, 1.807) is 12.1 Å². The average molecular weight is 379 g/mol. The van der Waals surface area contributed by atoms with Crippen LogP contribution in [0.15, 0.2) is 42.7 Å². The highest BCUT2D eigenvalue weighted by Crippen LogP contribution is 2.45. The summed E-state index contributed by atoms with van der Waals surface area (Å²) in [5.74, 6) is 0.215. The van der Waals surface area contributed by atoms with Crippen LogP contribution in [0.3, 0.4) is 0 Å². The number of nitrogens with zero attached hydrogens (tertiary/aromatic N) is 3. The zero-order valence-corrected chi connectivity index (χ0v) is 14.8. The summed E-state index contributed by atoms with van der Waals surface area (Å²) in [6.07, 6.45) is 6.62. The maximum atomic E-state index is 13.5. The predicted molar refractivity (Wildman–Crippen MR) is 102 cm³/mol. The molecule has 8 nitrogen and oxygen atoms in total. The normalized spacial score (nSPS) is 25.3. The van der Waals surface area contributed by atoms with Crippen molar-refractivity contribution >= 4 is 34.5 Å². The van der Waals surface area contributed by atoms with Gasteiger partial charge in [-0.25, -0.2) is 9.37 Å². The molecule has 0 saturated heterocycles. The maximum absolute atomic E-state index is 13.5. The van der Waals surface area contributed by atoms with Gasteiger partial charge < -0.3 is 21.4 Å². The molecule has 2 aromatic heterocycles. The molecule has 3 aromatic rings. The first-order valence-corrected chi connectivity index (χ1v) is 9.06. The number of aromatic amines is 1. The van der Waals surface area contributed by atoms with Crippen molar-refractivity contribution in [3.8, 4) is 0 Å². The lowest BCUT2D eigenvalue weighted by atomic mass is 9.88. The standard InChI is InChI=1S/C19H18FN7O/c20-11-2-1-3-12(7-11)24-19-26-17-15(22-8-23-17)18(27-19)25-14-10-5-4-9(6-10)13(14)16(21)28/h1-5,7-10,13-14H,6H2,(H2,21,28)(H3,22,23,24,25,26,27)/t9-,10+,13-,14+/m0/s1.